The fourth-order valence-corrected chi connectivity index (χ4v) is 2.78. The number of rotatable bonds is 5. The zero-order valence-corrected chi connectivity index (χ0v) is 11.8. The Kier molecular flexibility index (Phi) is 5.56. The predicted molar refractivity (Wildman–Crippen MR) is 79.5 cm³/mol. The quantitative estimate of drug-likeness (QED) is 0.762. The number of aliphatic hydroxyl groups excluding tert-OH is 1. The maximum absolute atomic E-state index is 12.0. The first-order chi connectivity index (χ1) is 9.69. The molecule has 1 saturated carbocycles. The zero-order chi connectivity index (χ0) is 14.4. The number of aliphatic hydroxyl groups is 1. The van der Waals surface area contributed by atoms with E-state index in [9.17, 15) is 9.90 Å². The molecule has 1 aliphatic rings. The van der Waals surface area contributed by atoms with Gasteiger partial charge in [-0.05, 0) is 55.8 Å². The molecule has 1 aromatic rings. The number of nitrogens with two attached hydrogens (primary N) is 1. The number of amides is 1. The van der Waals surface area contributed by atoms with E-state index in [-0.39, 0.29) is 12.0 Å². The lowest BCUT2D eigenvalue weighted by Crippen LogP contribution is -2.32. The summed E-state index contributed by atoms with van der Waals surface area (Å²) in [6, 6.07) is 7.59. The van der Waals surface area contributed by atoms with Gasteiger partial charge in [0.2, 0.25) is 0 Å². The Labute approximate surface area is 120 Å². The molecule has 0 spiro atoms. The topological polar surface area (TPSA) is 75.4 Å². The Morgan fingerprint density at radius 3 is 2.70 bits per heavy atom. The normalized spacial score (nSPS) is 22.5. The Balaban J connectivity index is 1.82. The van der Waals surface area contributed by atoms with Gasteiger partial charge in [0.25, 0.3) is 5.91 Å². The van der Waals surface area contributed by atoms with Crippen molar-refractivity contribution in [2.45, 2.75) is 38.2 Å². The molecule has 2 unspecified atom stereocenters. The van der Waals surface area contributed by atoms with Gasteiger partial charge in [0.1, 0.15) is 0 Å². The average molecular weight is 276 g/mol. The van der Waals surface area contributed by atoms with Gasteiger partial charge in [0.05, 0.1) is 6.10 Å². The monoisotopic (exact) mass is 276 g/mol. The highest BCUT2D eigenvalue weighted by Crippen LogP contribution is 2.23. The maximum Gasteiger partial charge on any atom is 0.251 e. The van der Waals surface area contributed by atoms with Crippen LogP contribution in [0.4, 0.5) is 0 Å². The van der Waals surface area contributed by atoms with E-state index in [2.05, 4.69) is 5.32 Å². The standard InChI is InChI=1S/C16H24N2O2/c17-9-8-12-4-6-14(7-5-12)16(20)18-11-13-2-1-3-15(19)10-13/h4-7,13,15,19H,1-3,8-11,17H2,(H,18,20). The van der Waals surface area contributed by atoms with Gasteiger partial charge in [-0.1, -0.05) is 18.6 Å². The minimum absolute atomic E-state index is 0.0376. The van der Waals surface area contributed by atoms with Crippen LogP contribution in [0.1, 0.15) is 41.6 Å². The molecular formula is C16H24N2O2. The second kappa shape index (κ2) is 7.41. The fraction of sp³-hybridized carbons (Fsp3) is 0.562. The van der Waals surface area contributed by atoms with E-state index in [1.165, 1.54) is 0 Å². The smallest absolute Gasteiger partial charge is 0.251 e. The lowest BCUT2D eigenvalue weighted by Gasteiger charge is -2.25. The minimum atomic E-state index is -0.193. The Morgan fingerprint density at radius 2 is 2.05 bits per heavy atom. The molecule has 1 fully saturated rings. The van der Waals surface area contributed by atoms with Crippen LogP contribution in [0.3, 0.4) is 0 Å². The van der Waals surface area contributed by atoms with Crippen molar-refractivity contribution < 1.29 is 9.90 Å². The second-order valence-corrected chi connectivity index (χ2v) is 5.63. The van der Waals surface area contributed by atoms with Crippen molar-refractivity contribution in [3.63, 3.8) is 0 Å². The van der Waals surface area contributed by atoms with Crippen LogP contribution >= 0.6 is 0 Å². The van der Waals surface area contributed by atoms with Crippen molar-refractivity contribution in [2.24, 2.45) is 11.7 Å². The summed E-state index contributed by atoms with van der Waals surface area (Å²) in [5.41, 5.74) is 7.33. The number of benzene rings is 1. The van der Waals surface area contributed by atoms with Gasteiger partial charge in [-0.3, -0.25) is 4.79 Å². The molecule has 1 aromatic carbocycles. The molecule has 2 rings (SSSR count). The third-order valence-corrected chi connectivity index (χ3v) is 3.96. The fourth-order valence-electron chi connectivity index (χ4n) is 2.78. The van der Waals surface area contributed by atoms with Crippen molar-refractivity contribution in [1.82, 2.24) is 5.32 Å². The summed E-state index contributed by atoms with van der Waals surface area (Å²) in [6.45, 7) is 1.27. The molecule has 0 aromatic heterocycles. The Hall–Kier alpha value is -1.39. The summed E-state index contributed by atoms with van der Waals surface area (Å²) < 4.78 is 0. The summed E-state index contributed by atoms with van der Waals surface area (Å²) >= 11 is 0. The molecule has 20 heavy (non-hydrogen) atoms. The number of hydrogen-bond acceptors (Lipinski definition) is 3. The lowest BCUT2D eigenvalue weighted by atomic mass is 9.87. The first-order valence-electron chi connectivity index (χ1n) is 7.44. The summed E-state index contributed by atoms with van der Waals surface area (Å²) in [5.74, 6) is 0.364. The van der Waals surface area contributed by atoms with E-state index in [1.807, 2.05) is 24.3 Å². The van der Waals surface area contributed by atoms with E-state index >= 15 is 0 Å². The maximum atomic E-state index is 12.0. The molecule has 1 aliphatic carbocycles. The molecule has 0 radical (unpaired) electrons. The van der Waals surface area contributed by atoms with Crippen LogP contribution in [0.15, 0.2) is 24.3 Å². The molecule has 4 nitrogen and oxygen atoms in total. The minimum Gasteiger partial charge on any atom is -0.393 e. The van der Waals surface area contributed by atoms with Gasteiger partial charge < -0.3 is 16.2 Å². The van der Waals surface area contributed by atoms with E-state index in [0.29, 0.717) is 24.6 Å². The number of carbonyl (C=O) groups is 1. The molecular weight excluding hydrogens is 252 g/mol. The Bertz CT molecular complexity index is 431. The van der Waals surface area contributed by atoms with Crippen molar-refractivity contribution in [2.75, 3.05) is 13.1 Å². The van der Waals surface area contributed by atoms with E-state index in [0.717, 1.165) is 37.7 Å². The number of carbonyl (C=O) groups excluding carboxylic acids is 1. The predicted octanol–water partition coefficient (Wildman–Crippen LogP) is 1.47. The first kappa shape index (κ1) is 15.0. The largest absolute Gasteiger partial charge is 0.393 e. The zero-order valence-electron chi connectivity index (χ0n) is 11.8. The molecule has 0 bridgehead atoms. The number of nitrogens with one attached hydrogen (secondary N) is 1. The van der Waals surface area contributed by atoms with E-state index < -0.39 is 0 Å². The average Bonchev–Trinajstić information content (AvgIpc) is 2.46. The number of hydrogen-bond donors (Lipinski definition) is 3. The molecule has 0 aliphatic heterocycles. The molecule has 4 heteroatoms. The Morgan fingerprint density at radius 1 is 1.30 bits per heavy atom. The van der Waals surface area contributed by atoms with Gasteiger partial charge in [0, 0.05) is 12.1 Å². The van der Waals surface area contributed by atoms with Crippen LogP contribution in [-0.2, 0) is 6.42 Å². The molecule has 2 atom stereocenters. The first-order valence-corrected chi connectivity index (χ1v) is 7.44. The van der Waals surface area contributed by atoms with Crippen LogP contribution in [0.25, 0.3) is 0 Å². The highest BCUT2D eigenvalue weighted by molar-refractivity contribution is 5.94. The third kappa shape index (κ3) is 4.32. The highest BCUT2D eigenvalue weighted by atomic mass is 16.3. The third-order valence-electron chi connectivity index (χ3n) is 3.96. The van der Waals surface area contributed by atoms with Gasteiger partial charge in [-0.2, -0.15) is 0 Å². The van der Waals surface area contributed by atoms with Crippen LogP contribution in [0.2, 0.25) is 0 Å². The summed E-state index contributed by atoms with van der Waals surface area (Å²) in [5, 5.41) is 12.6. The van der Waals surface area contributed by atoms with Crippen molar-refractivity contribution in [1.29, 1.82) is 0 Å². The van der Waals surface area contributed by atoms with Crippen molar-refractivity contribution in [3.05, 3.63) is 35.4 Å². The van der Waals surface area contributed by atoms with Crippen LogP contribution in [-0.4, -0.2) is 30.2 Å². The van der Waals surface area contributed by atoms with Gasteiger partial charge in [0.15, 0.2) is 0 Å². The van der Waals surface area contributed by atoms with E-state index in [1.54, 1.807) is 0 Å². The van der Waals surface area contributed by atoms with Crippen LogP contribution in [0, 0.1) is 5.92 Å². The summed E-state index contributed by atoms with van der Waals surface area (Å²) in [7, 11) is 0. The second-order valence-electron chi connectivity index (χ2n) is 5.63. The van der Waals surface area contributed by atoms with Gasteiger partial charge >= 0.3 is 0 Å². The van der Waals surface area contributed by atoms with Crippen molar-refractivity contribution in [3.8, 4) is 0 Å². The summed E-state index contributed by atoms with van der Waals surface area (Å²) in [4.78, 5) is 12.0. The van der Waals surface area contributed by atoms with Gasteiger partial charge in [-0.25, -0.2) is 0 Å². The van der Waals surface area contributed by atoms with Crippen LogP contribution < -0.4 is 11.1 Å². The lowest BCUT2D eigenvalue weighted by molar-refractivity contribution is 0.0874. The van der Waals surface area contributed by atoms with Crippen LogP contribution in [0.5, 0.6) is 0 Å². The molecule has 1 amide bonds. The highest BCUT2D eigenvalue weighted by Gasteiger charge is 2.20. The van der Waals surface area contributed by atoms with Gasteiger partial charge in [-0.15, -0.1) is 0 Å². The summed E-state index contributed by atoms with van der Waals surface area (Å²) in [6.07, 6.45) is 4.48. The van der Waals surface area contributed by atoms with E-state index in [4.69, 9.17) is 5.73 Å². The molecule has 110 valence electrons. The SMILES string of the molecule is NCCc1ccc(C(=O)NCC2CCCC(O)C2)cc1. The van der Waals surface area contributed by atoms with Crippen molar-refractivity contribution >= 4 is 5.91 Å². The molecule has 4 N–H and O–H groups in total. The molecule has 0 heterocycles. The molecule has 0 saturated heterocycles.